The lowest BCUT2D eigenvalue weighted by molar-refractivity contribution is 0.751. The molecule has 108 valence electrons. The Morgan fingerprint density at radius 1 is 1.24 bits per heavy atom. The molecule has 0 fully saturated rings. The Bertz CT molecular complexity index is 737. The molecule has 0 aliphatic carbocycles. The highest BCUT2D eigenvalue weighted by Crippen LogP contribution is 2.34. The van der Waals surface area contributed by atoms with Crippen molar-refractivity contribution in [1.29, 1.82) is 0 Å². The number of aromatic nitrogens is 1. The molecule has 0 amide bonds. The molecule has 2 aromatic heterocycles. The van der Waals surface area contributed by atoms with Crippen molar-refractivity contribution in [3.05, 3.63) is 58.4 Å². The molecular weight excluding hydrogens is 278 g/mol. The molecule has 0 radical (unpaired) electrons. The SMILES string of the molecule is CC(c1cccs1)N(C)c1c(CN)cnc2ccccc12. The highest BCUT2D eigenvalue weighted by atomic mass is 32.1. The Labute approximate surface area is 129 Å². The maximum absolute atomic E-state index is 5.93. The van der Waals surface area contributed by atoms with Gasteiger partial charge in [0.25, 0.3) is 0 Å². The molecule has 3 aromatic rings. The second-order valence-corrected chi connectivity index (χ2v) is 6.13. The fourth-order valence-corrected chi connectivity index (χ4v) is 3.47. The van der Waals surface area contributed by atoms with Crippen LogP contribution in [-0.2, 0) is 6.54 Å². The number of nitrogens with zero attached hydrogens (tertiary/aromatic N) is 2. The predicted molar refractivity (Wildman–Crippen MR) is 90.8 cm³/mol. The van der Waals surface area contributed by atoms with Crippen LogP contribution in [0.2, 0.25) is 0 Å². The molecule has 2 N–H and O–H groups in total. The minimum absolute atomic E-state index is 0.307. The van der Waals surface area contributed by atoms with Crippen molar-refractivity contribution in [2.75, 3.05) is 11.9 Å². The zero-order valence-electron chi connectivity index (χ0n) is 12.3. The average Bonchev–Trinajstić information content (AvgIpc) is 3.06. The Kier molecular flexibility index (Phi) is 3.90. The molecule has 1 aromatic carbocycles. The number of fused-ring (bicyclic) bond motifs is 1. The molecule has 1 atom stereocenters. The summed E-state index contributed by atoms with van der Waals surface area (Å²) in [7, 11) is 2.13. The van der Waals surface area contributed by atoms with E-state index in [9.17, 15) is 0 Å². The highest BCUT2D eigenvalue weighted by molar-refractivity contribution is 7.10. The number of rotatable bonds is 4. The van der Waals surface area contributed by atoms with Gasteiger partial charge in [-0.2, -0.15) is 0 Å². The Balaban J connectivity index is 2.13. The van der Waals surface area contributed by atoms with Crippen molar-refractivity contribution in [3.63, 3.8) is 0 Å². The first-order valence-electron chi connectivity index (χ1n) is 7.05. The van der Waals surface area contributed by atoms with Crippen LogP contribution in [0.5, 0.6) is 0 Å². The van der Waals surface area contributed by atoms with Gasteiger partial charge in [0.05, 0.1) is 17.2 Å². The second kappa shape index (κ2) is 5.84. The second-order valence-electron chi connectivity index (χ2n) is 5.16. The van der Waals surface area contributed by atoms with Crippen molar-refractivity contribution in [3.8, 4) is 0 Å². The number of anilines is 1. The van der Waals surface area contributed by atoms with Gasteiger partial charge in [0.1, 0.15) is 0 Å². The quantitative estimate of drug-likeness (QED) is 0.793. The van der Waals surface area contributed by atoms with Gasteiger partial charge in [-0.1, -0.05) is 24.3 Å². The molecule has 21 heavy (non-hydrogen) atoms. The Hall–Kier alpha value is -1.91. The number of hydrogen-bond donors (Lipinski definition) is 1. The summed E-state index contributed by atoms with van der Waals surface area (Å²) in [6.07, 6.45) is 1.90. The lowest BCUT2D eigenvalue weighted by Gasteiger charge is -2.29. The van der Waals surface area contributed by atoms with E-state index >= 15 is 0 Å². The van der Waals surface area contributed by atoms with Gasteiger partial charge in [-0.25, -0.2) is 0 Å². The zero-order valence-corrected chi connectivity index (χ0v) is 13.1. The Morgan fingerprint density at radius 2 is 2.05 bits per heavy atom. The number of para-hydroxylation sites is 1. The summed E-state index contributed by atoms with van der Waals surface area (Å²) in [5, 5.41) is 3.28. The van der Waals surface area contributed by atoms with Gasteiger partial charge in [0, 0.05) is 35.6 Å². The summed E-state index contributed by atoms with van der Waals surface area (Å²) in [6, 6.07) is 12.8. The maximum atomic E-state index is 5.93. The van der Waals surface area contributed by atoms with E-state index in [1.807, 2.05) is 18.3 Å². The minimum Gasteiger partial charge on any atom is -0.366 e. The van der Waals surface area contributed by atoms with Crippen molar-refractivity contribution in [1.82, 2.24) is 4.98 Å². The Morgan fingerprint density at radius 3 is 2.76 bits per heavy atom. The first-order valence-corrected chi connectivity index (χ1v) is 7.93. The van der Waals surface area contributed by atoms with Crippen LogP contribution in [0, 0.1) is 0 Å². The molecule has 3 rings (SSSR count). The topological polar surface area (TPSA) is 42.1 Å². The summed E-state index contributed by atoms with van der Waals surface area (Å²) in [5.41, 5.74) is 9.21. The standard InChI is InChI=1S/C17H19N3S/c1-12(16-8-5-9-21-16)20(2)17-13(10-18)11-19-15-7-4-3-6-14(15)17/h3-9,11-12H,10,18H2,1-2H3. The highest BCUT2D eigenvalue weighted by Gasteiger charge is 2.18. The number of pyridine rings is 1. The van der Waals surface area contributed by atoms with E-state index < -0.39 is 0 Å². The first kappa shape index (κ1) is 14.0. The van der Waals surface area contributed by atoms with Crippen LogP contribution in [0.3, 0.4) is 0 Å². The van der Waals surface area contributed by atoms with Crippen molar-refractivity contribution in [2.45, 2.75) is 19.5 Å². The van der Waals surface area contributed by atoms with Gasteiger partial charge < -0.3 is 10.6 Å². The third-order valence-corrected chi connectivity index (χ3v) is 4.97. The van der Waals surface area contributed by atoms with Gasteiger partial charge in [-0.05, 0) is 24.4 Å². The smallest absolute Gasteiger partial charge is 0.0723 e. The molecule has 0 saturated heterocycles. The molecule has 4 heteroatoms. The van der Waals surface area contributed by atoms with Crippen molar-refractivity contribution >= 4 is 27.9 Å². The van der Waals surface area contributed by atoms with Crippen LogP contribution in [0.4, 0.5) is 5.69 Å². The molecule has 0 bridgehead atoms. The monoisotopic (exact) mass is 297 g/mol. The van der Waals surface area contributed by atoms with E-state index in [-0.39, 0.29) is 0 Å². The molecule has 1 unspecified atom stereocenters. The normalized spacial score (nSPS) is 12.5. The average molecular weight is 297 g/mol. The van der Waals surface area contributed by atoms with E-state index in [0.717, 1.165) is 16.5 Å². The molecule has 0 spiro atoms. The largest absolute Gasteiger partial charge is 0.366 e. The van der Waals surface area contributed by atoms with E-state index in [1.165, 1.54) is 10.6 Å². The van der Waals surface area contributed by atoms with Gasteiger partial charge in [-0.3, -0.25) is 4.98 Å². The van der Waals surface area contributed by atoms with Crippen LogP contribution in [0.25, 0.3) is 10.9 Å². The van der Waals surface area contributed by atoms with Crippen LogP contribution >= 0.6 is 11.3 Å². The molecule has 0 saturated carbocycles. The number of thiophene rings is 1. The molecule has 2 heterocycles. The summed E-state index contributed by atoms with van der Waals surface area (Å²) in [4.78, 5) is 8.17. The number of nitrogens with two attached hydrogens (primary N) is 1. The van der Waals surface area contributed by atoms with Crippen molar-refractivity contribution < 1.29 is 0 Å². The predicted octanol–water partition coefficient (Wildman–Crippen LogP) is 3.95. The minimum atomic E-state index is 0.307. The number of hydrogen-bond acceptors (Lipinski definition) is 4. The zero-order chi connectivity index (χ0) is 14.8. The lowest BCUT2D eigenvalue weighted by Crippen LogP contribution is -2.23. The fourth-order valence-electron chi connectivity index (χ4n) is 2.65. The van der Waals surface area contributed by atoms with Gasteiger partial charge in [-0.15, -0.1) is 11.3 Å². The summed E-state index contributed by atoms with van der Waals surface area (Å²) < 4.78 is 0. The first-order chi connectivity index (χ1) is 10.2. The molecular formula is C17H19N3S. The molecule has 0 aliphatic heterocycles. The van der Waals surface area contributed by atoms with Gasteiger partial charge in [0.2, 0.25) is 0 Å². The summed E-state index contributed by atoms with van der Waals surface area (Å²) in [6.45, 7) is 2.72. The van der Waals surface area contributed by atoms with E-state index in [0.29, 0.717) is 12.6 Å². The maximum Gasteiger partial charge on any atom is 0.0723 e. The summed E-state index contributed by atoms with van der Waals surface area (Å²) in [5.74, 6) is 0. The van der Waals surface area contributed by atoms with Gasteiger partial charge >= 0.3 is 0 Å². The number of benzene rings is 1. The fraction of sp³-hybridized carbons (Fsp3) is 0.235. The third kappa shape index (κ3) is 2.52. The lowest BCUT2D eigenvalue weighted by atomic mass is 10.1. The van der Waals surface area contributed by atoms with Crippen LogP contribution in [0.15, 0.2) is 48.0 Å². The van der Waals surface area contributed by atoms with E-state index in [1.54, 1.807) is 11.3 Å². The molecule has 0 aliphatic rings. The van der Waals surface area contributed by atoms with Crippen LogP contribution < -0.4 is 10.6 Å². The van der Waals surface area contributed by atoms with Crippen LogP contribution in [0.1, 0.15) is 23.4 Å². The van der Waals surface area contributed by atoms with E-state index in [4.69, 9.17) is 5.73 Å². The van der Waals surface area contributed by atoms with Crippen LogP contribution in [-0.4, -0.2) is 12.0 Å². The van der Waals surface area contributed by atoms with Crippen molar-refractivity contribution in [2.24, 2.45) is 5.73 Å². The third-order valence-electron chi connectivity index (χ3n) is 3.93. The summed E-state index contributed by atoms with van der Waals surface area (Å²) >= 11 is 1.78. The molecule has 3 nitrogen and oxygen atoms in total. The van der Waals surface area contributed by atoms with Gasteiger partial charge in [0.15, 0.2) is 0 Å². The van der Waals surface area contributed by atoms with E-state index in [2.05, 4.69) is 53.5 Å².